The lowest BCUT2D eigenvalue weighted by atomic mass is 9.90. The molecule has 0 saturated carbocycles. The zero-order valence-corrected chi connectivity index (χ0v) is 24.7. The van der Waals surface area contributed by atoms with Crippen LogP contribution in [0.25, 0.3) is 10.9 Å². The number of nitrogens with one attached hydrogen (secondary N) is 2. The number of benzene rings is 1. The molecule has 1 aromatic carbocycles. The van der Waals surface area contributed by atoms with E-state index in [2.05, 4.69) is 33.5 Å². The zero-order chi connectivity index (χ0) is 32.1. The molecular weight excluding hydrogens is 580 g/mol. The fraction of sp³-hybridized carbons (Fsp3) is 0.452. The Morgan fingerprint density at radius 3 is 2.55 bits per heavy atom. The van der Waals surface area contributed by atoms with Gasteiger partial charge in [-0.15, -0.1) is 0 Å². The highest BCUT2D eigenvalue weighted by Crippen LogP contribution is 2.33. The highest BCUT2D eigenvalue weighted by Gasteiger charge is 2.30. The van der Waals surface area contributed by atoms with Crippen molar-refractivity contribution in [2.45, 2.75) is 50.9 Å². The number of fused-ring (bicyclic) bond motifs is 1. The molecule has 0 spiro atoms. The summed E-state index contributed by atoms with van der Waals surface area (Å²) in [6.45, 7) is 2.96. The number of pyridine rings is 1. The molecule has 234 valence electrons. The molecule has 4 rings (SSSR count). The van der Waals surface area contributed by atoms with Crippen LogP contribution >= 0.6 is 0 Å². The van der Waals surface area contributed by atoms with E-state index >= 15 is 0 Å². The molecule has 9 nitrogen and oxygen atoms in total. The van der Waals surface area contributed by atoms with E-state index in [1.165, 1.54) is 25.4 Å². The molecule has 0 atom stereocenters. The molecule has 0 radical (unpaired) electrons. The van der Waals surface area contributed by atoms with Crippen molar-refractivity contribution in [3.05, 3.63) is 47.7 Å². The van der Waals surface area contributed by atoms with Gasteiger partial charge in [0.05, 0.1) is 60.5 Å². The number of halogens is 4. The maximum atomic E-state index is 14.7. The van der Waals surface area contributed by atoms with Crippen LogP contribution in [-0.2, 0) is 16.8 Å². The summed E-state index contributed by atoms with van der Waals surface area (Å²) in [7, 11) is 1.47. The van der Waals surface area contributed by atoms with Crippen molar-refractivity contribution in [2.24, 2.45) is 0 Å². The number of hydrogen-bond donors (Lipinski definition) is 3. The van der Waals surface area contributed by atoms with Crippen molar-refractivity contribution in [3.63, 3.8) is 0 Å². The van der Waals surface area contributed by atoms with Crippen LogP contribution in [0.15, 0.2) is 30.5 Å². The van der Waals surface area contributed by atoms with E-state index in [1.54, 1.807) is 19.9 Å². The third-order valence-electron chi connectivity index (χ3n) is 7.44. The van der Waals surface area contributed by atoms with Crippen LogP contribution in [0.5, 0.6) is 5.75 Å². The largest absolute Gasteiger partial charge is 0.494 e. The minimum atomic E-state index is -4.57. The van der Waals surface area contributed by atoms with Gasteiger partial charge in [-0.1, -0.05) is 5.92 Å². The average molecular weight is 615 g/mol. The number of carbonyl (C=O) groups excluding carboxylic acids is 1. The maximum Gasteiger partial charge on any atom is 0.406 e. The number of aliphatic hydroxyl groups excluding tert-OH is 1. The number of hydrogen-bond acceptors (Lipinski definition) is 8. The number of anilines is 2. The number of ether oxygens (including phenoxy) is 1. The summed E-state index contributed by atoms with van der Waals surface area (Å²) in [5, 5.41) is 25.1. The lowest BCUT2D eigenvalue weighted by Crippen LogP contribution is -2.42. The number of alkyl halides is 3. The second-order valence-electron chi connectivity index (χ2n) is 11.2. The molecule has 3 heterocycles. The molecule has 44 heavy (non-hydrogen) atoms. The number of rotatable bonds is 10. The number of Topliss-reactive ketones (excluding diaryl/α,β-unsaturated/α-hetero) is 1. The number of piperidine rings is 1. The number of likely N-dealkylation sites (tertiary alicyclic amines) is 1. The van der Waals surface area contributed by atoms with Crippen LogP contribution in [0.4, 0.5) is 28.9 Å². The van der Waals surface area contributed by atoms with Crippen LogP contribution in [0.2, 0.25) is 0 Å². The van der Waals surface area contributed by atoms with Crippen molar-refractivity contribution >= 4 is 28.1 Å². The molecule has 2 aromatic heterocycles. The summed E-state index contributed by atoms with van der Waals surface area (Å²) in [5.41, 5.74) is 0.682. The molecule has 1 aliphatic rings. The number of nitriles is 1. The van der Waals surface area contributed by atoms with Gasteiger partial charge >= 0.3 is 6.18 Å². The summed E-state index contributed by atoms with van der Waals surface area (Å²) in [6, 6.07) is 7.59. The molecule has 3 N–H and O–H groups in total. The van der Waals surface area contributed by atoms with Crippen LogP contribution in [0.1, 0.15) is 38.1 Å². The van der Waals surface area contributed by atoms with Crippen LogP contribution in [0.3, 0.4) is 0 Å². The Morgan fingerprint density at radius 1 is 1.18 bits per heavy atom. The van der Waals surface area contributed by atoms with Crippen molar-refractivity contribution in [2.75, 3.05) is 50.5 Å². The number of aliphatic hydroxyl groups is 1. The molecule has 0 aliphatic carbocycles. The third-order valence-corrected chi connectivity index (χ3v) is 7.44. The number of carbonyl (C=O) groups is 1. The van der Waals surface area contributed by atoms with Crippen molar-refractivity contribution in [1.29, 1.82) is 5.26 Å². The van der Waals surface area contributed by atoms with Gasteiger partial charge in [-0.3, -0.25) is 14.7 Å². The van der Waals surface area contributed by atoms with Gasteiger partial charge in [-0.2, -0.15) is 18.4 Å². The smallest absolute Gasteiger partial charge is 0.406 e. The molecule has 0 amide bonds. The van der Waals surface area contributed by atoms with E-state index in [-0.39, 0.29) is 36.1 Å². The Bertz CT molecular complexity index is 1610. The molecule has 0 bridgehead atoms. The first-order valence-electron chi connectivity index (χ1n) is 14.0. The first kappa shape index (κ1) is 32.6. The number of nitrogens with zero attached hydrogens (tertiary/aromatic N) is 4. The van der Waals surface area contributed by atoms with E-state index in [0.29, 0.717) is 54.1 Å². The molecule has 3 aromatic rings. The fourth-order valence-corrected chi connectivity index (χ4v) is 5.06. The zero-order valence-electron chi connectivity index (χ0n) is 24.7. The van der Waals surface area contributed by atoms with E-state index in [9.17, 15) is 27.6 Å². The molecule has 0 unspecified atom stereocenters. The first-order valence-corrected chi connectivity index (χ1v) is 14.0. The van der Waals surface area contributed by atoms with Crippen LogP contribution in [0, 0.1) is 29.0 Å². The van der Waals surface area contributed by atoms with Crippen molar-refractivity contribution in [3.8, 4) is 23.7 Å². The Kier molecular flexibility index (Phi) is 10.0. The standard InChI is InChI=1S/C31H34F4N6O3/c1-30(2,18-36)29-14-28(44-3)26(15-38-29)37-8-4-5-22-13-24-25(11-20(32)12-27(24)41(22)19-31(33,34)35)39-21-6-9-40(10-7-21)16-23(43)17-42/h11-15,21,37,39,42H,6-10,16-17,19H2,1-3H3. The van der Waals surface area contributed by atoms with Gasteiger partial charge in [0.1, 0.15) is 24.7 Å². The van der Waals surface area contributed by atoms with Gasteiger partial charge in [0, 0.05) is 36.3 Å². The molecular formula is C31H34F4N6O3. The third kappa shape index (κ3) is 7.98. The van der Waals surface area contributed by atoms with Gasteiger partial charge in [0.2, 0.25) is 0 Å². The highest BCUT2D eigenvalue weighted by molar-refractivity contribution is 5.94. The van der Waals surface area contributed by atoms with E-state index in [1.807, 2.05) is 4.90 Å². The number of aromatic nitrogens is 2. The quantitative estimate of drug-likeness (QED) is 0.227. The molecule has 1 aliphatic heterocycles. The summed E-state index contributed by atoms with van der Waals surface area (Å²) < 4.78 is 61.9. The topological polar surface area (TPSA) is 115 Å². The Morgan fingerprint density at radius 2 is 1.91 bits per heavy atom. The Labute approximate surface area is 252 Å². The molecule has 13 heteroatoms. The summed E-state index contributed by atoms with van der Waals surface area (Å²) in [6.07, 6.45) is -1.81. The SMILES string of the molecule is COc1cc(C(C)(C)C#N)ncc1NCC#Cc1cc2c(NC3CCN(CC(=O)CO)CC3)cc(F)cc2n1CC(F)(F)F. The Balaban J connectivity index is 1.57. The van der Waals surface area contributed by atoms with Crippen LogP contribution < -0.4 is 15.4 Å². The highest BCUT2D eigenvalue weighted by atomic mass is 19.4. The van der Waals surface area contributed by atoms with E-state index in [4.69, 9.17) is 9.84 Å². The number of methoxy groups -OCH3 is 1. The lowest BCUT2D eigenvalue weighted by molar-refractivity contribution is -0.140. The number of ketones is 1. The van der Waals surface area contributed by atoms with Gasteiger partial charge < -0.3 is 25.0 Å². The minimum Gasteiger partial charge on any atom is -0.494 e. The first-order chi connectivity index (χ1) is 20.8. The fourth-order valence-electron chi connectivity index (χ4n) is 5.06. The van der Waals surface area contributed by atoms with Gasteiger partial charge in [0.15, 0.2) is 5.78 Å². The van der Waals surface area contributed by atoms with E-state index < -0.39 is 30.6 Å². The average Bonchev–Trinajstić information content (AvgIpc) is 3.31. The van der Waals surface area contributed by atoms with Crippen LogP contribution in [-0.4, -0.2) is 77.5 Å². The summed E-state index contributed by atoms with van der Waals surface area (Å²) in [4.78, 5) is 17.8. The summed E-state index contributed by atoms with van der Waals surface area (Å²) >= 11 is 0. The summed E-state index contributed by atoms with van der Waals surface area (Å²) in [5.74, 6) is 5.11. The molecule has 1 saturated heterocycles. The second kappa shape index (κ2) is 13.5. The Hall–Kier alpha value is -4.33. The van der Waals surface area contributed by atoms with E-state index in [0.717, 1.165) is 10.6 Å². The predicted octanol–water partition coefficient (Wildman–Crippen LogP) is 4.45. The molecule has 1 fully saturated rings. The lowest BCUT2D eigenvalue weighted by Gasteiger charge is -2.32. The van der Waals surface area contributed by atoms with Gasteiger partial charge in [0.25, 0.3) is 0 Å². The predicted molar refractivity (Wildman–Crippen MR) is 158 cm³/mol. The van der Waals surface area contributed by atoms with Crippen molar-refractivity contribution in [1.82, 2.24) is 14.5 Å². The normalized spacial score (nSPS) is 14.5. The van der Waals surface area contributed by atoms with Crippen molar-refractivity contribution < 1.29 is 32.2 Å². The van der Waals surface area contributed by atoms with Gasteiger partial charge in [-0.05, 0) is 50.8 Å². The van der Waals surface area contributed by atoms with Gasteiger partial charge in [-0.25, -0.2) is 4.39 Å². The maximum absolute atomic E-state index is 14.7. The minimum absolute atomic E-state index is 0.0450. The second-order valence-corrected chi connectivity index (χ2v) is 11.2. The monoisotopic (exact) mass is 614 g/mol.